The zero-order valence-corrected chi connectivity index (χ0v) is 15.5. The molecule has 0 atom stereocenters. The van der Waals surface area contributed by atoms with Crippen molar-refractivity contribution >= 4 is 32.5 Å². The van der Waals surface area contributed by atoms with Gasteiger partial charge in [-0.1, -0.05) is 6.07 Å². The van der Waals surface area contributed by atoms with E-state index in [2.05, 4.69) is 10.0 Å². The van der Waals surface area contributed by atoms with Gasteiger partial charge in [0.05, 0.1) is 9.79 Å². The van der Waals surface area contributed by atoms with Crippen LogP contribution in [0.1, 0.15) is 12.8 Å². The van der Waals surface area contributed by atoms with E-state index in [0.717, 1.165) is 30.2 Å². The maximum absolute atomic E-state index is 12.4. The van der Waals surface area contributed by atoms with Gasteiger partial charge in [-0.15, -0.1) is 12.4 Å². The molecule has 0 amide bonds. The van der Waals surface area contributed by atoms with Gasteiger partial charge in [0.15, 0.2) is 0 Å². The van der Waals surface area contributed by atoms with Crippen molar-refractivity contribution < 1.29 is 16.8 Å². The van der Waals surface area contributed by atoms with Crippen LogP contribution in [0, 0.1) is 0 Å². The topological polar surface area (TPSA) is 95.6 Å². The third-order valence-corrected chi connectivity index (χ3v) is 6.88. The first-order valence-electron chi connectivity index (χ1n) is 6.99. The molecule has 2 rings (SSSR count). The highest BCUT2D eigenvalue weighted by molar-refractivity contribution is 7.90. The van der Waals surface area contributed by atoms with Gasteiger partial charge >= 0.3 is 0 Å². The van der Waals surface area contributed by atoms with Gasteiger partial charge < -0.3 is 5.32 Å². The Morgan fingerprint density at radius 2 is 1.65 bits per heavy atom. The Bertz CT molecular complexity index is 729. The largest absolute Gasteiger partial charge is 0.317 e. The molecule has 10 heteroatoms. The molecular formula is C13H22ClN3O4S2. The summed E-state index contributed by atoms with van der Waals surface area (Å²) in [5.41, 5.74) is 0. The van der Waals surface area contributed by atoms with E-state index in [1.54, 1.807) is 0 Å². The van der Waals surface area contributed by atoms with Crippen molar-refractivity contribution in [3.8, 4) is 0 Å². The third-order valence-electron chi connectivity index (χ3n) is 3.56. The van der Waals surface area contributed by atoms with Crippen LogP contribution in [0.3, 0.4) is 0 Å². The smallest absolute Gasteiger partial charge is 0.242 e. The molecule has 0 spiro atoms. The predicted octanol–water partition coefficient (Wildman–Crippen LogP) is 0.389. The van der Waals surface area contributed by atoms with Crippen LogP contribution in [0.15, 0.2) is 34.1 Å². The molecule has 0 radical (unpaired) electrons. The van der Waals surface area contributed by atoms with E-state index < -0.39 is 20.0 Å². The Labute approximate surface area is 144 Å². The SMILES string of the molecule is CN(C)S(=O)(=O)c1cccc(S(=O)(=O)NC2CCNCC2)c1.Cl. The van der Waals surface area contributed by atoms with Crippen LogP contribution in [0.2, 0.25) is 0 Å². The van der Waals surface area contributed by atoms with Crippen LogP contribution in [0.25, 0.3) is 0 Å². The fourth-order valence-corrected chi connectivity index (χ4v) is 4.61. The molecule has 1 heterocycles. The highest BCUT2D eigenvalue weighted by Crippen LogP contribution is 2.19. The number of hydrogen-bond donors (Lipinski definition) is 2. The minimum Gasteiger partial charge on any atom is -0.317 e. The molecule has 0 aliphatic carbocycles. The lowest BCUT2D eigenvalue weighted by Crippen LogP contribution is -2.42. The summed E-state index contributed by atoms with van der Waals surface area (Å²) in [7, 11) is -4.58. The fourth-order valence-electron chi connectivity index (χ4n) is 2.24. The predicted molar refractivity (Wildman–Crippen MR) is 90.8 cm³/mol. The van der Waals surface area contributed by atoms with Crippen LogP contribution in [-0.2, 0) is 20.0 Å². The highest BCUT2D eigenvalue weighted by atomic mass is 35.5. The average Bonchev–Trinajstić information content (AvgIpc) is 2.48. The van der Waals surface area contributed by atoms with Gasteiger partial charge in [0.1, 0.15) is 0 Å². The second-order valence-electron chi connectivity index (χ2n) is 5.41. The average molecular weight is 384 g/mol. The van der Waals surface area contributed by atoms with Crippen molar-refractivity contribution in [2.75, 3.05) is 27.2 Å². The van der Waals surface area contributed by atoms with Crippen molar-refractivity contribution in [3.63, 3.8) is 0 Å². The maximum atomic E-state index is 12.4. The van der Waals surface area contributed by atoms with Crippen LogP contribution in [0.4, 0.5) is 0 Å². The lowest BCUT2D eigenvalue weighted by molar-refractivity contribution is 0.427. The van der Waals surface area contributed by atoms with Gasteiger partial charge in [0, 0.05) is 20.1 Å². The number of nitrogens with one attached hydrogen (secondary N) is 2. The van der Waals surface area contributed by atoms with Crippen LogP contribution >= 0.6 is 12.4 Å². The second-order valence-corrected chi connectivity index (χ2v) is 9.27. The summed E-state index contributed by atoms with van der Waals surface area (Å²) in [4.78, 5) is -0.0698. The summed E-state index contributed by atoms with van der Waals surface area (Å²) in [5, 5.41) is 3.16. The summed E-state index contributed by atoms with van der Waals surface area (Å²) in [6, 6.07) is 5.30. The molecule has 1 aromatic carbocycles. The molecule has 0 aromatic heterocycles. The highest BCUT2D eigenvalue weighted by Gasteiger charge is 2.24. The van der Waals surface area contributed by atoms with E-state index in [9.17, 15) is 16.8 Å². The third kappa shape index (κ3) is 4.88. The number of piperidine rings is 1. The molecule has 23 heavy (non-hydrogen) atoms. The van der Waals surface area contributed by atoms with Gasteiger partial charge in [-0.25, -0.2) is 25.9 Å². The molecule has 7 nitrogen and oxygen atoms in total. The van der Waals surface area contributed by atoms with Gasteiger partial charge in [-0.2, -0.15) is 0 Å². The monoisotopic (exact) mass is 383 g/mol. The second kappa shape index (κ2) is 7.91. The van der Waals surface area contributed by atoms with Gasteiger partial charge in [0.25, 0.3) is 0 Å². The van der Waals surface area contributed by atoms with Crippen molar-refractivity contribution in [1.29, 1.82) is 0 Å². The van der Waals surface area contributed by atoms with E-state index in [1.807, 2.05) is 0 Å². The molecule has 1 aromatic rings. The number of rotatable bonds is 5. The molecule has 1 fully saturated rings. The lowest BCUT2D eigenvalue weighted by atomic mass is 10.1. The first-order chi connectivity index (χ1) is 10.2. The van der Waals surface area contributed by atoms with Gasteiger partial charge in [0.2, 0.25) is 20.0 Å². The zero-order chi connectivity index (χ0) is 16.4. The Morgan fingerprint density at radius 1 is 1.09 bits per heavy atom. The number of sulfonamides is 2. The number of hydrogen-bond acceptors (Lipinski definition) is 5. The van der Waals surface area contributed by atoms with Crippen LogP contribution in [0.5, 0.6) is 0 Å². The van der Waals surface area contributed by atoms with Gasteiger partial charge in [-0.3, -0.25) is 0 Å². The minimum absolute atomic E-state index is 0. The molecule has 1 aliphatic heterocycles. The molecule has 1 saturated heterocycles. The molecule has 0 saturated carbocycles. The van der Waals surface area contributed by atoms with Crippen molar-refractivity contribution in [1.82, 2.24) is 14.3 Å². The molecular weight excluding hydrogens is 362 g/mol. The quantitative estimate of drug-likeness (QED) is 0.766. The van der Waals surface area contributed by atoms with E-state index in [4.69, 9.17) is 0 Å². The molecule has 0 unspecified atom stereocenters. The first kappa shape index (κ1) is 20.3. The Kier molecular flexibility index (Phi) is 6.99. The van der Waals surface area contributed by atoms with Crippen molar-refractivity contribution in [3.05, 3.63) is 24.3 Å². The fraction of sp³-hybridized carbons (Fsp3) is 0.538. The summed E-state index contributed by atoms with van der Waals surface area (Å²) < 4.78 is 52.7. The summed E-state index contributed by atoms with van der Waals surface area (Å²) in [6.45, 7) is 1.53. The molecule has 1 aliphatic rings. The standard InChI is InChI=1S/C13H21N3O4S2.ClH/c1-16(2)22(19,20)13-5-3-4-12(10-13)21(17,18)15-11-6-8-14-9-7-11;/h3-5,10-11,14-15H,6-9H2,1-2H3;1H. The van der Waals surface area contributed by atoms with Gasteiger partial charge in [-0.05, 0) is 44.1 Å². The lowest BCUT2D eigenvalue weighted by Gasteiger charge is -2.23. The zero-order valence-electron chi connectivity index (χ0n) is 13.0. The summed E-state index contributed by atoms with van der Waals surface area (Å²) >= 11 is 0. The van der Waals surface area contributed by atoms with E-state index >= 15 is 0 Å². The van der Waals surface area contributed by atoms with E-state index in [1.165, 1.54) is 38.4 Å². The van der Waals surface area contributed by atoms with Crippen molar-refractivity contribution in [2.24, 2.45) is 0 Å². The maximum Gasteiger partial charge on any atom is 0.242 e. The molecule has 2 N–H and O–H groups in total. The normalized spacial score (nSPS) is 17.0. The summed E-state index contributed by atoms with van der Waals surface area (Å²) in [6.07, 6.45) is 1.43. The van der Waals surface area contributed by atoms with Crippen LogP contribution < -0.4 is 10.0 Å². The Balaban J connectivity index is 0.00000264. The number of nitrogens with zero attached hydrogens (tertiary/aromatic N) is 1. The van der Waals surface area contributed by atoms with Crippen molar-refractivity contribution in [2.45, 2.75) is 28.7 Å². The Morgan fingerprint density at radius 3 is 2.22 bits per heavy atom. The van der Waals surface area contributed by atoms with Crippen LogP contribution in [-0.4, -0.2) is 54.4 Å². The molecule has 0 bridgehead atoms. The van der Waals surface area contributed by atoms with E-state index in [-0.39, 0.29) is 28.2 Å². The Hall–Kier alpha value is -0.710. The number of halogens is 1. The number of benzene rings is 1. The molecule has 132 valence electrons. The first-order valence-corrected chi connectivity index (χ1v) is 9.91. The minimum atomic E-state index is -3.73. The summed E-state index contributed by atoms with van der Waals surface area (Å²) in [5.74, 6) is 0. The van der Waals surface area contributed by atoms with E-state index in [0.29, 0.717) is 0 Å².